The largest absolute Gasteiger partial charge is 0.493 e. The molecule has 1 aliphatic rings. The summed E-state index contributed by atoms with van der Waals surface area (Å²) in [6, 6.07) is 7.91. The first-order valence-electron chi connectivity index (χ1n) is 5.68. The molecule has 1 aromatic rings. The third-order valence-electron chi connectivity index (χ3n) is 2.80. The molecular weight excluding hydrogens is 204 g/mol. The maximum Gasteiger partial charge on any atom is 0.306 e. The summed E-state index contributed by atoms with van der Waals surface area (Å²) in [5, 5.41) is 0. The molecule has 0 N–H and O–H groups in total. The van der Waals surface area contributed by atoms with E-state index in [1.54, 1.807) is 0 Å². The molecule has 0 saturated carbocycles. The van der Waals surface area contributed by atoms with E-state index < -0.39 is 0 Å². The van der Waals surface area contributed by atoms with Gasteiger partial charge in [0, 0.05) is 5.92 Å². The highest BCUT2D eigenvalue weighted by atomic mass is 16.5. The number of esters is 1. The molecule has 0 saturated heterocycles. The van der Waals surface area contributed by atoms with Crippen LogP contribution in [0.15, 0.2) is 24.3 Å². The molecule has 1 heterocycles. The lowest BCUT2D eigenvalue weighted by molar-refractivity contribution is -0.143. The molecule has 86 valence electrons. The number of carbonyl (C=O) groups is 1. The van der Waals surface area contributed by atoms with Crippen molar-refractivity contribution >= 4 is 5.97 Å². The first-order chi connectivity index (χ1) is 7.81. The Bertz CT molecular complexity index is 373. The van der Waals surface area contributed by atoms with Crippen LogP contribution in [-0.2, 0) is 9.53 Å². The number of rotatable bonds is 3. The fourth-order valence-corrected chi connectivity index (χ4v) is 2.05. The SMILES string of the molecule is CCOC(=O)CC1CCOc2ccccc21. The number of hydrogen-bond donors (Lipinski definition) is 0. The van der Waals surface area contributed by atoms with Gasteiger partial charge >= 0.3 is 5.97 Å². The van der Waals surface area contributed by atoms with Gasteiger partial charge in [-0.2, -0.15) is 0 Å². The van der Waals surface area contributed by atoms with Crippen LogP contribution in [0, 0.1) is 0 Å². The highest BCUT2D eigenvalue weighted by Gasteiger charge is 2.23. The van der Waals surface area contributed by atoms with E-state index in [4.69, 9.17) is 9.47 Å². The van der Waals surface area contributed by atoms with Crippen LogP contribution in [0.5, 0.6) is 5.75 Å². The lowest BCUT2D eigenvalue weighted by Gasteiger charge is -2.25. The van der Waals surface area contributed by atoms with Gasteiger partial charge in [-0.15, -0.1) is 0 Å². The second-order valence-corrected chi connectivity index (χ2v) is 3.88. The molecule has 0 fully saturated rings. The van der Waals surface area contributed by atoms with E-state index in [1.165, 1.54) is 0 Å². The molecule has 3 heteroatoms. The van der Waals surface area contributed by atoms with Crippen LogP contribution in [0.2, 0.25) is 0 Å². The van der Waals surface area contributed by atoms with E-state index in [0.717, 1.165) is 17.7 Å². The van der Waals surface area contributed by atoms with Crippen LogP contribution in [-0.4, -0.2) is 19.2 Å². The average Bonchev–Trinajstić information content (AvgIpc) is 2.30. The van der Waals surface area contributed by atoms with Gasteiger partial charge in [0.25, 0.3) is 0 Å². The van der Waals surface area contributed by atoms with Crippen molar-refractivity contribution < 1.29 is 14.3 Å². The maximum atomic E-state index is 11.5. The van der Waals surface area contributed by atoms with Gasteiger partial charge in [-0.1, -0.05) is 18.2 Å². The Hall–Kier alpha value is -1.51. The van der Waals surface area contributed by atoms with Gasteiger partial charge in [-0.3, -0.25) is 4.79 Å². The lowest BCUT2D eigenvalue weighted by Crippen LogP contribution is -2.18. The van der Waals surface area contributed by atoms with Crippen molar-refractivity contribution in [3.8, 4) is 5.75 Å². The number of para-hydroxylation sites is 1. The highest BCUT2D eigenvalue weighted by molar-refractivity contribution is 5.70. The van der Waals surface area contributed by atoms with Gasteiger partial charge in [0.1, 0.15) is 5.75 Å². The Labute approximate surface area is 95.4 Å². The van der Waals surface area contributed by atoms with Crippen LogP contribution in [0.4, 0.5) is 0 Å². The average molecular weight is 220 g/mol. The summed E-state index contributed by atoms with van der Waals surface area (Å²) in [5.74, 6) is 1.02. The topological polar surface area (TPSA) is 35.5 Å². The second-order valence-electron chi connectivity index (χ2n) is 3.88. The fourth-order valence-electron chi connectivity index (χ4n) is 2.05. The molecule has 0 spiro atoms. The van der Waals surface area contributed by atoms with Crippen molar-refractivity contribution in [3.05, 3.63) is 29.8 Å². The van der Waals surface area contributed by atoms with Crippen molar-refractivity contribution in [2.24, 2.45) is 0 Å². The predicted octanol–water partition coefficient (Wildman–Crippen LogP) is 2.51. The zero-order valence-corrected chi connectivity index (χ0v) is 9.44. The number of ether oxygens (including phenoxy) is 2. The number of benzene rings is 1. The summed E-state index contributed by atoms with van der Waals surface area (Å²) in [4.78, 5) is 11.5. The minimum Gasteiger partial charge on any atom is -0.493 e. The molecule has 0 amide bonds. The van der Waals surface area contributed by atoms with E-state index in [9.17, 15) is 4.79 Å². The zero-order valence-electron chi connectivity index (χ0n) is 9.44. The molecule has 1 atom stereocenters. The van der Waals surface area contributed by atoms with Gasteiger partial charge in [0.2, 0.25) is 0 Å². The van der Waals surface area contributed by atoms with E-state index in [0.29, 0.717) is 19.6 Å². The molecule has 1 aliphatic heterocycles. The molecule has 1 unspecified atom stereocenters. The third kappa shape index (κ3) is 2.35. The standard InChI is InChI=1S/C13H16O3/c1-2-15-13(14)9-10-7-8-16-12-6-4-3-5-11(10)12/h3-6,10H,2,7-9H2,1H3. The number of hydrogen-bond acceptors (Lipinski definition) is 3. The quantitative estimate of drug-likeness (QED) is 0.734. The summed E-state index contributed by atoms with van der Waals surface area (Å²) < 4.78 is 10.5. The summed E-state index contributed by atoms with van der Waals surface area (Å²) in [6.07, 6.45) is 1.34. The minimum absolute atomic E-state index is 0.121. The molecule has 0 bridgehead atoms. The zero-order chi connectivity index (χ0) is 11.4. The van der Waals surface area contributed by atoms with Crippen molar-refractivity contribution in [1.82, 2.24) is 0 Å². The molecule has 2 rings (SSSR count). The van der Waals surface area contributed by atoms with Gasteiger partial charge < -0.3 is 9.47 Å². The van der Waals surface area contributed by atoms with Gasteiger partial charge in [0.15, 0.2) is 0 Å². The van der Waals surface area contributed by atoms with Gasteiger partial charge in [0.05, 0.1) is 19.6 Å². The van der Waals surface area contributed by atoms with Crippen molar-refractivity contribution in [1.29, 1.82) is 0 Å². The van der Waals surface area contributed by atoms with E-state index in [-0.39, 0.29) is 11.9 Å². The normalized spacial score (nSPS) is 18.4. The molecule has 3 nitrogen and oxygen atoms in total. The number of carbonyl (C=O) groups excluding carboxylic acids is 1. The van der Waals surface area contributed by atoms with Crippen LogP contribution < -0.4 is 4.74 Å². The highest BCUT2D eigenvalue weighted by Crippen LogP contribution is 2.35. The first kappa shape index (κ1) is 11.0. The van der Waals surface area contributed by atoms with Crippen LogP contribution in [0.1, 0.15) is 31.2 Å². The Morgan fingerprint density at radius 3 is 3.12 bits per heavy atom. The summed E-state index contributed by atoms with van der Waals surface area (Å²) >= 11 is 0. The van der Waals surface area contributed by atoms with Crippen LogP contribution in [0.25, 0.3) is 0 Å². The minimum atomic E-state index is -0.121. The second kappa shape index (κ2) is 5.01. The smallest absolute Gasteiger partial charge is 0.306 e. The molecule has 16 heavy (non-hydrogen) atoms. The first-order valence-corrected chi connectivity index (χ1v) is 5.68. The Morgan fingerprint density at radius 1 is 1.50 bits per heavy atom. The fraction of sp³-hybridized carbons (Fsp3) is 0.462. The molecular formula is C13H16O3. The van der Waals surface area contributed by atoms with Crippen molar-refractivity contribution in [2.45, 2.75) is 25.7 Å². The van der Waals surface area contributed by atoms with Gasteiger partial charge in [-0.25, -0.2) is 0 Å². The molecule has 0 radical (unpaired) electrons. The van der Waals surface area contributed by atoms with Crippen molar-refractivity contribution in [2.75, 3.05) is 13.2 Å². The summed E-state index contributed by atoms with van der Waals surface area (Å²) in [7, 11) is 0. The predicted molar refractivity (Wildman–Crippen MR) is 60.5 cm³/mol. The Kier molecular flexibility index (Phi) is 3.44. The third-order valence-corrected chi connectivity index (χ3v) is 2.80. The molecule has 1 aromatic carbocycles. The lowest BCUT2D eigenvalue weighted by atomic mass is 9.90. The van der Waals surface area contributed by atoms with E-state index in [1.807, 2.05) is 31.2 Å². The van der Waals surface area contributed by atoms with E-state index in [2.05, 4.69) is 0 Å². The summed E-state index contributed by atoms with van der Waals surface area (Å²) in [5.41, 5.74) is 1.13. The molecule has 0 aliphatic carbocycles. The van der Waals surface area contributed by atoms with Crippen LogP contribution >= 0.6 is 0 Å². The van der Waals surface area contributed by atoms with Crippen LogP contribution in [0.3, 0.4) is 0 Å². The maximum absolute atomic E-state index is 11.5. The Morgan fingerprint density at radius 2 is 2.31 bits per heavy atom. The van der Waals surface area contributed by atoms with Crippen molar-refractivity contribution in [3.63, 3.8) is 0 Å². The monoisotopic (exact) mass is 220 g/mol. The van der Waals surface area contributed by atoms with E-state index >= 15 is 0 Å². The van der Waals surface area contributed by atoms with Gasteiger partial charge in [-0.05, 0) is 25.0 Å². The Balaban J connectivity index is 2.10. The summed E-state index contributed by atoms with van der Waals surface area (Å²) in [6.45, 7) is 2.96. The molecule has 0 aromatic heterocycles. The number of fused-ring (bicyclic) bond motifs is 1.